The number of nitrogens with zero attached hydrogens (tertiary/aromatic N) is 3. The normalized spacial score (nSPS) is 15.0. The second-order valence-corrected chi connectivity index (χ2v) is 11.0. The number of esters is 1. The van der Waals surface area contributed by atoms with Gasteiger partial charge in [-0.1, -0.05) is 78.1 Å². The van der Waals surface area contributed by atoms with Crippen molar-refractivity contribution in [2.75, 3.05) is 13.2 Å². The first-order valence-corrected chi connectivity index (χ1v) is 14.8. The molecule has 0 N–H and O–H groups in total. The van der Waals surface area contributed by atoms with Crippen LogP contribution in [0.25, 0.3) is 17.0 Å². The molecule has 1 aliphatic heterocycles. The molecule has 0 bridgehead atoms. The standard InChI is InChI=1S/C34H31N3O4S/c1-4-40-28-18-12-10-16-26(28)31-30(33(39)41-5-2)22(3)35-34-37(31)32(38)29(42-34)19-24-21-36(20-23-13-7-6-8-14-23)27-17-11-9-15-25(24)27/h6-19,21,31H,4-5,20H2,1-3H3/b29-19-/t31-/m0/s1. The lowest BCUT2D eigenvalue weighted by molar-refractivity contribution is -0.139. The van der Waals surface area contributed by atoms with Crippen molar-refractivity contribution in [3.63, 3.8) is 0 Å². The summed E-state index contributed by atoms with van der Waals surface area (Å²) in [4.78, 5) is 32.7. The summed E-state index contributed by atoms with van der Waals surface area (Å²) in [5.74, 6) is 0.119. The molecular weight excluding hydrogens is 546 g/mol. The van der Waals surface area contributed by atoms with Crippen molar-refractivity contribution in [3.8, 4) is 5.75 Å². The number of fused-ring (bicyclic) bond motifs is 2. The predicted octanol–water partition coefficient (Wildman–Crippen LogP) is 5.20. The van der Waals surface area contributed by atoms with Gasteiger partial charge in [0.2, 0.25) is 0 Å². The fourth-order valence-corrected chi connectivity index (χ4v) is 6.56. The smallest absolute Gasteiger partial charge is 0.338 e. The molecule has 1 atom stereocenters. The molecule has 8 heteroatoms. The molecule has 7 nitrogen and oxygen atoms in total. The van der Waals surface area contributed by atoms with E-state index < -0.39 is 12.0 Å². The zero-order valence-corrected chi connectivity index (χ0v) is 24.6. The molecule has 3 aromatic carbocycles. The minimum atomic E-state index is -0.732. The van der Waals surface area contributed by atoms with Gasteiger partial charge in [-0.2, -0.15) is 0 Å². The predicted molar refractivity (Wildman–Crippen MR) is 165 cm³/mol. The first-order valence-electron chi connectivity index (χ1n) is 14.0. The van der Waals surface area contributed by atoms with Gasteiger partial charge in [0.15, 0.2) is 4.80 Å². The molecule has 0 saturated carbocycles. The maximum Gasteiger partial charge on any atom is 0.338 e. The summed E-state index contributed by atoms with van der Waals surface area (Å²) >= 11 is 1.32. The van der Waals surface area contributed by atoms with Crippen LogP contribution in [0.2, 0.25) is 0 Å². The first-order chi connectivity index (χ1) is 20.5. The first kappa shape index (κ1) is 27.5. The van der Waals surface area contributed by atoms with Crippen molar-refractivity contribution in [1.82, 2.24) is 9.13 Å². The summed E-state index contributed by atoms with van der Waals surface area (Å²) in [6, 6.07) is 25.3. The topological polar surface area (TPSA) is 74.8 Å². The second kappa shape index (κ2) is 11.7. The van der Waals surface area contributed by atoms with E-state index in [1.54, 1.807) is 18.4 Å². The second-order valence-electron chi connectivity index (χ2n) is 9.99. The Hall–Kier alpha value is -4.69. The number of hydrogen-bond acceptors (Lipinski definition) is 6. The van der Waals surface area contributed by atoms with E-state index in [0.29, 0.717) is 45.1 Å². The zero-order valence-electron chi connectivity index (χ0n) is 23.7. The molecule has 0 aliphatic carbocycles. The highest BCUT2D eigenvalue weighted by atomic mass is 32.1. The van der Waals surface area contributed by atoms with Crippen molar-refractivity contribution < 1.29 is 14.3 Å². The molecule has 0 spiro atoms. The van der Waals surface area contributed by atoms with Crippen molar-refractivity contribution in [2.24, 2.45) is 4.99 Å². The van der Waals surface area contributed by atoms with Crippen LogP contribution in [0.15, 0.2) is 106 Å². The van der Waals surface area contributed by atoms with Crippen molar-refractivity contribution in [3.05, 3.63) is 133 Å². The van der Waals surface area contributed by atoms with Crippen LogP contribution in [0, 0.1) is 0 Å². The molecule has 212 valence electrons. The van der Waals surface area contributed by atoms with Gasteiger partial charge in [-0.3, -0.25) is 9.36 Å². The quantitative estimate of drug-likeness (QED) is 0.238. The lowest BCUT2D eigenvalue weighted by atomic mass is 9.95. The highest BCUT2D eigenvalue weighted by Crippen LogP contribution is 2.36. The van der Waals surface area contributed by atoms with E-state index in [-0.39, 0.29) is 12.2 Å². The monoisotopic (exact) mass is 577 g/mol. The number of aromatic nitrogens is 2. The maximum absolute atomic E-state index is 14.2. The third-order valence-corrected chi connectivity index (χ3v) is 8.32. The molecular formula is C34H31N3O4S. The molecule has 0 radical (unpaired) electrons. The Morgan fingerprint density at radius 1 is 0.976 bits per heavy atom. The van der Waals surface area contributed by atoms with E-state index in [4.69, 9.17) is 14.5 Å². The van der Waals surface area contributed by atoms with Gasteiger partial charge in [-0.15, -0.1) is 0 Å². The van der Waals surface area contributed by atoms with E-state index in [9.17, 15) is 9.59 Å². The van der Waals surface area contributed by atoms with E-state index in [1.165, 1.54) is 16.9 Å². The number of hydrogen-bond donors (Lipinski definition) is 0. The third kappa shape index (κ3) is 4.99. The van der Waals surface area contributed by atoms with Gasteiger partial charge in [0, 0.05) is 34.8 Å². The highest BCUT2D eigenvalue weighted by molar-refractivity contribution is 7.07. The molecule has 0 amide bonds. The number of carbonyl (C=O) groups is 1. The Kier molecular flexibility index (Phi) is 7.63. The van der Waals surface area contributed by atoms with Crippen molar-refractivity contribution in [2.45, 2.75) is 33.4 Å². The van der Waals surface area contributed by atoms with Crippen LogP contribution in [0.1, 0.15) is 43.5 Å². The van der Waals surface area contributed by atoms with Crippen LogP contribution in [0.5, 0.6) is 5.75 Å². The molecule has 3 heterocycles. The third-order valence-electron chi connectivity index (χ3n) is 7.33. The number of ether oxygens (including phenoxy) is 2. The average molecular weight is 578 g/mol. The molecule has 5 aromatic rings. The molecule has 0 saturated heterocycles. The Morgan fingerprint density at radius 3 is 2.50 bits per heavy atom. The van der Waals surface area contributed by atoms with Gasteiger partial charge < -0.3 is 14.0 Å². The summed E-state index contributed by atoms with van der Waals surface area (Å²) in [5.41, 5.74) is 4.58. The van der Waals surface area contributed by atoms with Crippen LogP contribution in [0.4, 0.5) is 0 Å². The summed E-state index contributed by atoms with van der Waals surface area (Å²) < 4.78 is 15.7. The lowest BCUT2D eigenvalue weighted by Gasteiger charge is -2.26. The zero-order chi connectivity index (χ0) is 29.2. The van der Waals surface area contributed by atoms with Gasteiger partial charge in [-0.25, -0.2) is 9.79 Å². The van der Waals surface area contributed by atoms with Gasteiger partial charge in [-0.05, 0) is 44.5 Å². The summed E-state index contributed by atoms with van der Waals surface area (Å²) in [7, 11) is 0. The van der Waals surface area contributed by atoms with Gasteiger partial charge in [0.05, 0.1) is 29.0 Å². The Balaban J connectivity index is 1.54. The minimum absolute atomic E-state index is 0.215. The van der Waals surface area contributed by atoms with Crippen LogP contribution in [-0.4, -0.2) is 28.3 Å². The van der Waals surface area contributed by atoms with Gasteiger partial charge >= 0.3 is 5.97 Å². The van der Waals surface area contributed by atoms with E-state index in [2.05, 4.69) is 35.0 Å². The highest BCUT2D eigenvalue weighted by Gasteiger charge is 2.35. The fraction of sp³-hybridized carbons (Fsp3) is 0.206. The SMILES string of the molecule is CCOC(=O)C1=C(C)N=c2s/c(=C\c3cn(Cc4ccccc4)c4ccccc34)c(=O)n2[C@H]1c1ccccc1OCC. The molecule has 6 rings (SSSR count). The number of allylic oxidation sites excluding steroid dienone is 1. The number of benzene rings is 3. The fourth-order valence-electron chi connectivity index (χ4n) is 5.52. The van der Waals surface area contributed by atoms with Crippen molar-refractivity contribution in [1.29, 1.82) is 0 Å². The average Bonchev–Trinajstić information content (AvgIpc) is 3.49. The van der Waals surface area contributed by atoms with E-state index in [0.717, 1.165) is 16.5 Å². The molecule has 0 fully saturated rings. The lowest BCUT2D eigenvalue weighted by Crippen LogP contribution is -2.40. The van der Waals surface area contributed by atoms with E-state index >= 15 is 0 Å². The number of rotatable bonds is 8. The maximum atomic E-state index is 14.2. The molecule has 1 aliphatic rings. The molecule has 42 heavy (non-hydrogen) atoms. The van der Waals surface area contributed by atoms with Crippen LogP contribution in [-0.2, 0) is 16.1 Å². The number of thiazole rings is 1. The largest absolute Gasteiger partial charge is 0.494 e. The summed E-state index contributed by atoms with van der Waals surface area (Å²) in [5, 5.41) is 1.06. The summed E-state index contributed by atoms with van der Waals surface area (Å²) in [6.45, 7) is 6.84. The van der Waals surface area contributed by atoms with Crippen LogP contribution >= 0.6 is 11.3 Å². The van der Waals surface area contributed by atoms with Gasteiger partial charge in [0.1, 0.15) is 11.8 Å². The Morgan fingerprint density at radius 2 is 1.71 bits per heavy atom. The van der Waals surface area contributed by atoms with Crippen molar-refractivity contribution >= 4 is 34.3 Å². The molecule has 2 aromatic heterocycles. The van der Waals surface area contributed by atoms with E-state index in [1.807, 2.05) is 67.6 Å². The Labute approximate surface area is 247 Å². The Bertz CT molecular complexity index is 2000. The number of para-hydroxylation sites is 2. The van der Waals surface area contributed by atoms with Crippen LogP contribution in [0.3, 0.4) is 0 Å². The molecule has 0 unspecified atom stereocenters. The summed E-state index contributed by atoms with van der Waals surface area (Å²) in [6.07, 6.45) is 4.02. The number of carbonyl (C=O) groups excluding carboxylic acids is 1. The minimum Gasteiger partial charge on any atom is -0.494 e. The van der Waals surface area contributed by atoms with Crippen LogP contribution < -0.4 is 19.6 Å². The van der Waals surface area contributed by atoms with Gasteiger partial charge in [0.25, 0.3) is 5.56 Å².